The molecule has 0 aromatic heterocycles. The van der Waals surface area contributed by atoms with Crippen LogP contribution in [0.3, 0.4) is 0 Å². The summed E-state index contributed by atoms with van der Waals surface area (Å²) >= 11 is 0. The zero-order valence-corrected chi connectivity index (χ0v) is 15.8. The van der Waals surface area contributed by atoms with E-state index in [2.05, 4.69) is 10.2 Å². The van der Waals surface area contributed by atoms with Gasteiger partial charge in [0.2, 0.25) is 0 Å². The van der Waals surface area contributed by atoms with E-state index in [1.807, 2.05) is 31.2 Å². The Kier molecular flexibility index (Phi) is 6.86. The zero-order valence-electron chi connectivity index (χ0n) is 15.8. The summed E-state index contributed by atoms with van der Waals surface area (Å²) in [5.74, 6) is 0.584. The van der Waals surface area contributed by atoms with Crippen molar-refractivity contribution in [3.8, 4) is 11.5 Å². The van der Waals surface area contributed by atoms with E-state index in [1.54, 1.807) is 18.2 Å². The normalized spacial score (nSPS) is 13.7. The van der Waals surface area contributed by atoms with Crippen LogP contribution >= 0.6 is 0 Å². The Balaban J connectivity index is 1.64. The molecule has 1 fully saturated rings. The molecule has 28 heavy (non-hydrogen) atoms. The number of nitrogens with one attached hydrogen (secondary N) is 1. The molecule has 0 spiro atoms. The standard InChI is InChI=1S/C21H24N2O5/c1-2-27-20-13-16(14-24)7-8-19(20)28-15-21(25)22-17-5-3-4-6-18(17)23-9-11-26-12-10-23/h3-8,13-14H,2,9-12,15H2,1H3,(H,22,25). The second kappa shape index (κ2) is 9.75. The van der Waals surface area contributed by atoms with Crippen molar-refractivity contribution in [2.24, 2.45) is 0 Å². The Morgan fingerprint density at radius 3 is 2.68 bits per heavy atom. The van der Waals surface area contributed by atoms with E-state index in [1.165, 1.54) is 0 Å². The predicted octanol–water partition coefficient (Wildman–Crippen LogP) is 2.75. The summed E-state index contributed by atoms with van der Waals surface area (Å²) in [4.78, 5) is 25.6. The number of para-hydroxylation sites is 2. The largest absolute Gasteiger partial charge is 0.490 e. The first-order valence-electron chi connectivity index (χ1n) is 9.27. The van der Waals surface area contributed by atoms with E-state index in [0.29, 0.717) is 36.9 Å². The number of anilines is 2. The van der Waals surface area contributed by atoms with E-state index in [4.69, 9.17) is 14.2 Å². The Morgan fingerprint density at radius 2 is 1.93 bits per heavy atom. The molecule has 3 rings (SSSR count). The number of benzene rings is 2. The van der Waals surface area contributed by atoms with Crippen molar-refractivity contribution in [1.82, 2.24) is 0 Å². The minimum atomic E-state index is -0.275. The van der Waals surface area contributed by atoms with Gasteiger partial charge in [-0.15, -0.1) is 0 Å². The number of rotatable bonds is 8. The third-order valence-electron chi connectivity index (χ3n) is 4.29. The van der Waals surface area contributed by atoms with E-state index < -0.39 is 0 Å². The van der Waals surface area contributed by atoms with Crippen molar-refractivity contribution < 1.29 is 23.8 Å². The summed E-state index contributed by atoms with van der Waals surface area (Å²) in [6.07, 6.45) is 0.738. The molecule has 1 saturated heterocycles. The highest BCUT2D eigenvalue weighted by Crippen LogP contribution is 2.29. The highest BCUT2D eigenvalue weighted by Gasteiger charge is 2.16. The molecule has 1 aliphatic heterocycles. The first kappa shape index (κ1) is 19.7. The van der Waals surface area contributed by atoms with E-state index in [0.717, 1.165) is 30.8 Å². The maximum absolute atomic E-state index is 12.4. The summed E-state index contributed by atoms with van der Waals surface area (Å²) in [6.45, 7) is 5.00. The maximum atomic E-state index is 12.4. The van der Waals surface area contributed by atoms with Crippen LogP contribution in [0.2, 0.25) is 0 Å². The van der Waals surface area contributed by atoms with Crippen LogP contribution < -0.4 is 19.7 Å². The molecular formula is C21H24N2O5. The molecule has 0 aliphatic carbocycles. The number of hydrogen-bond donors (Lipinski definition) is 1. The zero-order chi connectivity index (χ0) is 19.8. The van der Waals surface area contributed by atoms with Gasteiger partial charge in [-0.1, -0.05) is 12.1 Å². The SMILES string of the molecule is CCOc1cc(C=O)ccc1OCC(=O)Nc1ccccc1N1CCOCC1. The molecule has 0 radical (unpaired) electrons. The Morgan fingerprint density at radius 1 is 1.14 bits per heavy atom. The highest BCUT2D eigenvalue weighted by atomic mass is 16.5. The van der Waals surface area contributed by atoms with Crippen molar-refractivity contribution >= 4 is 23.6 Å². The lowest BCUT2D eigenvalue weighted by Gasteiger charge is -2.30. The molecule has 1 aliphatic rings. The molecule has 1 amide bonds. The lowest BCUT2D eigenvalue weighted by atomic mass is 10.2. The summed E-state index contributed by atoms with van der Waals surface area (Å²) < 4.78 is 16.5. The minimum absolute atomic E-state index is 0.169. The molecule has 0 bridgehead atoms. The molecule has 7 heteroatoms. The van der Waals surface area contributed by atoms with Crippen LogP contribution in [0.25, 0.3) is 0 Å². The van der Waals surface area contributed by atoms with Crippen LogP contribution in [0.1, 0.15) is 17.3 Å². The number of carbonyl (C=O) groups excluding carboxylic acids is 2. The lowest BCUT2D eigenvalue weighted by Crippen LogP contribution is -2.37. The first-order valence-corrected chi connectivity index (χ1v) is 9.27. The minimum Gasteiger partial charge on any atom is -0.490 e. The second-order valence-corrected chi connectivity index (χ2v) is 6.21. The number of morpholine rings is 1. The van der Waals surface area contributed by atoms with Gasteiger partial charge in [-0.2, -0.15) is 0 Å². The van der Waals surface area contributed by atoms with Crippen molar-refractivity contribution in [3.63, 3.8) is 0 Å². The first-order chi connectivity index (χ1) is 13.7. The molecule has 0 atom stereocenters. The smallest absolute Gasteiger partial charge is 0.262 e. The fourth-order valence-corrected chi connectivity index (χ4v) is 2.97. The van der Waals surface area contributed by atoms with Gasteiger partial charge in [0.1, 0.15) is 6.29 Å². The van der Waals surface area contributed by atoms with Crippen LogP contribution in [0, 0.1) is 0 Å². The van der Waals surface area contributed by atoms with Gasteiger partial charge >= 0.3 is 0 Å². The Hall–Kier alpha value is -3.06. The Bertz CT molecular complexity index is 818. The van der Waals surface area contributed by atoms with Crippen molar-refractivity contribution in [1.29, 1.82) is 0 Å². The summed E-state index contributed by atoms with van der Waals surface area (Å²) in [6, 6.07) is 12.5. The monoisotopic (exact) mass is 384 g/mol. The van der Waals surface area contributed by atoms with E-state index in [9.17, 15) is 9.59 Å². The molecule has 2 aromatic carbocycles. The average molecular weight is 384 g/mol. The average Bonchev–Trinajstić information content (AvgIpc) is 2.74. The molecule has 1 heterocycles. The third-order valence-corrected chi connectivity index (χ3v) is 4.29. The number of nitrogens with zero attached hydrogens (tertiary/aromatic N) is 1. The van der Waals surface area contributed by atoms with Gasteiger partial charge in [0.05, 0.1) is 31.2 Å². The van der Waals surface area contributed by atoms with Gasteiger partial charge in [-0.25, -0.2) is 0 Å². The van der Waals surface area contributed by atoms with Gasteiger partial charge in [0.15, 0.2) is 18.1 Å². The summed E-state index contributed by atoms with van der Waals surface area (Å²) in [5, 5.41) is 2.91. The number of carbonyl (C=O) groups is 2. The van der Waals surface area contributed by atoms with Gasteiger partial charge in [-0.3, -0.25) is 9.59 Å². The number of aldehydes is 1. The van der Waals surface area contributed by atoms with Gasteiger partial charge in [-0.05, 0) is 37.3 Å². The Labute approximate surface area is 164 Å². The topological polar surface area (TPSA) is 77.1 Å². The van der Waals surface area contributed by atoms with E-state index in [-0.39, 0.29) is 12.5 Å². The molecule has 0 saturated carbocycles. The quantitative estimate of drug-likeness (QED) is 0.706. The molecule has 148 valence electrons. The van der Waals surface area contributed by atoms with Crippen LogP contribution in [-0.4, -0.2) is 51.7 Å². The van der Waals surface area contributed by atoms with Crippen LogP contribution in [0.5, 0.6) is 11.5 Å². The number of ether oxygens (including phenoxy) is 3. The molecular weight excluding hydrogens is 360 g/mol. The summed E-state index contributed by atoms with van der Waals surface area (Å²) in [7, 11) is 0. The van der Waals surface area contributed by atoms with Crippen LogP contribution in [0.4, 0.5) is 11.4 Å². The van der Waals surface area contributed by atoms with Gasteiger partial charge in [0, 0.05) is 18.7 Å². The predicted molar refractivity (Wildman–Crippen MR) is 107 cm³/mol. The molecule has 1 N–H and O–H groups in total. The highest BCUT2D eigenvalue weighted by molar-refractivity contribution is 5.95. The van der Waals surface area contributed by atoms with Crippen molar-refractivity contribution in [2.45, 2.75) is 6.92 Å². The van der Waals surface area contributed by atoms with Crippen molar-refractivity contribution in [2.75, 3.05) is 49.7 Å². The maximum Gasteiger partial charge on any atom is 0.262 e. The molecule has 0 unspecified atom stereocenters. The second-order valence-electron chi connectivity index (χ2n) is 6.21. The number of hydrogen-bond acceptors (Lipinski definition) is 6. The number of amides is 1. The fourth-order valence-electron chi connectivity index (χ4n) is 2.97. The molecule has 7 nitrogen and oxygen atoms in total. The van der Waals surface area contributed by atoms with Crippen LogP contribution in [-0.2, 0) is 9.53 Å². The molecule has 2 aromatic rings. The van der Waals surface area contributed by atoms with Crippen molar-refractivity contribution in [3.05, 3.63) is 48.0 Å². The van der Waals surface area contributed by atoms with E-state index >= 15 is 0 Å². The lowest BCUT2D eigenvalue weighted by molar-refractivity contribution is -0.118. The van der Waals surface area contributed by atoms with Gasteiger partial charge in [0.25, 0.3) is 5.91 Å². The van der Waals surface area contributed by atoms with Crippen LogP contribution in [0.15, 0.2) is 42.5 Å². The summed E-state index contributed by atoms with van der Waals surface area (Å²) in [5.41, 5.74) is 2.18. The van der Waals surface area contributed by atoms with Gasteiger partial charge < -0.3 is 24.4 Å². The fraction of sp³-hybridized carbons (Fsp3) is 0.333. The third kappa shape index (κ3) is 5.01.